The number of piperazine rings is 1. The number of likely N-dealkylation sites (N-methyl/N-ethyl adjacent to an activating group) is 1. The molecule has 0 aromatic carbocycles. The normalized spacial score (nSPS) is 23.6. The van der Waals surface area contributed by atoms with Crippen molar-refractivity contribution in [1.29, 1.82) is 0 Å². The van der Waals surface area contributed by atoms with Crippen LogP contribution in [0.2, 0.25) is 0 Å². The highest BCUT2D eigenvalue weighted by Crippen LogP contribution is 2.32. The van der Waals surface area contributed by atoms with Gasteiger partial charge in [-0.3, -0.25) is 4.90 Å². The Bertz CT molecular complexity index is 174. The van der Waals surface area contributed by atoms with Crippen LogP contribution in [0, 0.1) is 5.92 Å². The van der Waals surface area contributed by atoms with Gasteiger partial charge in [0.05, 0.1) is 0 Å². The molecule has 0 amide bonds. The van der Waals surface area contributed by atoms with E-state index in [0.29, 0.717) is 0 Å². The Hall–Kier alpha value is -0.120. The molecular weight excluding hydrogens is 186 g/mol. The molecule has 15 heavy (non-hydrogen) atoms. The van der Waals surface area contributed by atoms with E-state index in [-0.39, 0.29) is 0 Å². The number of nitrogens with one attached hydrogen (secondary N) is 1. The maximum Gasteiger partial charge on any atom is 0.0110 e. The van der Waals surface area contributed by atoms with Crippen molar-refractivity contribution in [3.05, 3.63) is 0 Å². The van der Waals surface area contributed by atoms with E-state index < -0.39 is 0 Å². The van der Waals surface area contributed by atoms with Crippen LogP contribution in [-0.2, 0) is 0 Å². The van der Waals surface area contributed by atoms with Gasteiger partial charge in [0, 0.05) is 39.3 Å². The van der Waals surface area contributed by atoms with Crippen molar-refractivity contribution in [3.8, 4) is 0 Å². The van der Waals surface area contributed by atoms with Crippen LogP contribution >= 0.6 is 0 Å². The minimum atomic E-state index is 1.08. The van der Waals surface area contributed by atoms with E-state index in [9.17, 15) is 0 Å². The van der Waals surface area contributed by atoms with Gasteiger partial charge in [0.1, 0.15) is 0 Å². The lowest BCUT2D eigenvalue weighted by atomic mass is 10.3. The molecule has 2 rings (SSSR count). The summed E-state index contributed by atoms with van der Waals surface area (Å²) in [6, 6.07) is 0. The zero-order chi connectivity index (χ0) is 10.5. The molecule has 0 aromatic rings. The molecule has 3 heteroatoms. The van der Waals surface area contributed by atoms with Gasteiger partial charge >= 0.3 is 0 Å². The van der Waals surface area contributed by atoms with Crippen molar-refractivity contribution in [2.75, 3.05) is 52.9 Å². The molecule has 88 valence electrons. The molecule has 2 aliphatic rings. The fraction of sp³-hybridized carbons (Fsp3) is 1.00. The number of hydrogen-bond acceptors (Lipinski definition) is 3. The third-order valence-corrected chi connectivity index (χ3v) is 3.62. The van der Waals surface area contributed by atoms with Crippen LogP contribution in [0.15, 0.2) is 0 Å². The molecule has 0 unspecified atom stereocenters. The third kappa shape index (κ3) is 4.49. The summed E-state index contributed by atoms with van der Waals surface area (Å²) in [6.45, 7) is 8.61. The number of hydrogen-bond donors (Lipinski definition) is 1. The van der Waals surface area contributed by atoms with Gasteiger partial charge in [-0.1, -0.05) is 12.8 Å². The molecule has 1 N–H and O–H groups in total. The summed E-state index contributed by atoms with van der Waals surface area (Å²) in [5, 5.41) is 3.40. The zero-order valence-corrected chi connectivity index (χ0v) is 10.0. The van der Waals surface area contributed by atoms with E-state index in [1.165, 1.54) is 65.1 Å². The lowest BCUT2D eigenvalue weighted by Gasteiger charge is -2.29. The van der Waals surface area contributed by atoms with Gasteiger partial charge in [0.2, 0.25) is 0 Å². The Morgan fingerprint density at radius 1 is 1.20 bits per heavy atom. The van der Waals surface area contributed by atoms with E-state index in [2.05, 4.69) is 22.2 Å². The van der Waals surface area contributed by atoms with Gasteiger partial charge in [0.15, 0.2) is 0 Å². The molecule has 1 aliphatic carbocycles. The zero-order valence-electron chi connectivity index (χ0n) is 10.0. The van der Waals surface area contributed by atoms with Gasteiger partial charge in [-0.2, -0.15) is 0 Å². The lowest BCUT2D eigenvalue weighted by Crippen LogP contribution is -2.46. The average molecular weight is 211 g/mol. The first kappa shape index (κ1) is 11.4. The molecule has 0 atom stereocenters. The monoisotopic (exact) mass is 211 g/mol. The van der Waals surface area contributed by atoms with Gasteiger partial charge in [-0.15, -0.1) is 0 Å². The number of rotatable bonds is 6. The molecule has 0 spiro atoms. The smallest absolute Gasteiger partial charge is 0.0110 e. The van der Waals surface area contributed by atoms with Gasteiger partial charge in [-0.25, -0.2) is 0 Å². The first-order valence-electron chi connectivity index (χ1n) is 6.46. The van der Waals surface area contributed by atoms with E-state index in [4.69, 9.17) is 0 Å². The Morgan fingerprint density at radius 2 is 1.93 bits per heavy atom. The van der Waals surface area contributed by atoms with Crippen LogP contribution in [0.1, 0.15) is 19.3 Å². The lowest BCUT2D eigenvalue weighted by molar-refractivity contribution is 0.203. The summed E-state index contributed by atoms with van der Waals surface area (Å²) in [7, 11) is 2.27. The highest BCUT2D eigenvalue weighted by molar-refractivity contribution is 4.74. The van der Waals surface area contributed by atoms with Gasteiger partial charge < -0.3 is 10.2 Å². The van der Waals surface area contributed by atoms with Crippen molar-refractivity contribution in [1.82, 2.24) is 15.1 Å². The standard InChI is InChI=1S/C12H25N3/c1-14(7-4-12-2-3-12)10-11-15-8-5-13-6-9-15/h12-13H,2-11H2,1H3. The van der Waals surface area contributed by atoms with Crippen LogP contribution < -0.4 is 5.32 Å². The second-order valence-electron chi connectivity index (χ2n) is 5.13. The minimum absolute atomic E-state index is 1.08. The molecule has 0 aromatic heterocycles. The predicted molar refractivity (Wildman–Crippen MR) is 64.1 cm³/mol. The molecule has 1 aliphatic heterocycles. The second-order valence-corrected chi connectivity index (χ2v) is 5.13. The maximum atomic E-state index is 3.40. The van der Waals surface area contributed by atoms with E-state index in [1.54, 1.807) is 0 Å². The summed E-state index contributed by atoms with van der Waals surface area (Å²) in [4.78, 5) is 5.07. The first-order valence-corrected chi connectivity index (χ1v) is 6.46. The molecular formula is C12H25N3. The molecule has 0 bridgehead atoms. The third-order valence-electron chi connectivity index (χ3n) is 3.62. The second kappa shape index (κ2) is 5.83. The predicted octanol–water partition coefficient (Wildman–Crippen LogP) is 0.624. The Kier molecular flexibility index (Phi) is 4.42. The van der Waals surface area contributed by atoms with Gasteiger partial charge in [-0.05, 0) is 25.9 Å². The van der Waals surface area contributed by atoms with Crippen LogP contribution in [0.3, 0.4) is 0 Å². The van der Waals surface area contributed by atoms with Crippen molar-refractivity contribution < 1.29 is 0 Å². The van der Waals surface area contributed by atoms with E-state index >= 15 is 0 Å². The topological polar surface area (TPSA) is 18.5 Å². The molecule has 2 fully saturated rings. The Labute approximate surface area is 93.8 Å². The minimum Gasteiger partial charge on any atom is -0.314 e. The number of nitrogens with zero attached hydrogens (tertiary/aromatic N) is 2. The molecule has 1 saturated heterocycles. The Morgan fingerprint density at radius 3 is 2.60 bits per heavy atom. The molecule has 3 nitrogen and oxygen atoms in total. The molecule has 1 heterocycles. The SMILES string of the molecule is CN(CCC1CC1)CCN1CCNCC1. The quantitative estimate of drug-likeness (QED) is 0.695. The summed E-state index contributed by atoms with van der Waals surface area (Å²) < 4.78 is 0. The summed E-state index contributed by atoms with van der Waals surface area (Å²) in [6.07, 6.45) is 4.41. The first-order chi connectivity index (χ1) is 7.34. The summed E-state index contributed by atoms with van der Waals surface area (Å²) in [5.74, 6) is 1.08. The molecule has 0 radical (unpaired) electrons. The molecule has 1 saturated carbocycles. The maximum absolute atomic E-state index is 3.40. The van der Waals surface area contributed by atoms with Crippen molar-refractivity contribution in [2.45, 2.75) is 19.3 Å². The van der Waals surface area contributed by atoms with Gasteiger partial charge in [0.25, 0.3) is 0 Å². The summed E-state index contributed by atoms with van der Waals surface area (Å²) >= 11 is 0. The van der Waals surface area contributed by atoms with Crippen LogP contribution in [0.4, 0.5) is 0 Å². The largest absolute Gasteiger partial charge is 0.314 e. The Balaban J connectivity index is 1.50. The highest BCUT2D eigenvalue weighted by Gasteiger charge is 2.21. The summed E-state index contributed by atoms with van der Waals surface area (Å²) in [5.41, 5.74) is 0. The van der Waals surface area contributed by atoms with E-state index in [1.807, 2.05) is 0 Å². The van der Waals surface area contributed by atoms with Crippen LogP contribution in [0.5, 0.6) is 0 Å². The fourth-order valence-electron chi connectivity index (χ4n) is 2.17. The van der Waals surface area contributed by atoms with Crippen LogP contribution in [-0.4, -0.2) is 62.7 Å². The fourth-order valence-corrected chi connectivity index (χ4v) is 2.17. The van der Waals surface area contributed by atoms with Crippen molar-refractivity contribution in [3.63, 3.8) is 0 Å². The van der Waals surface area contributed by atoms with Crippen molar-refractivity contribution >= 4 is 0 Å². The highest BCUT2D eigenvalue weighted by atomic mass is 15.2. The van der Waals surface area contributed by atoms with Crippen molar-refractivity contribution in [2.24, 2.45) is 5.92 Å². The average Bonchev–Trinajstić information content (AvgIpc) is 3.09. The van der Waals surface area contributed by atoms with Crippen LogP contribution in [0.25, 0.3) is 0 Å². The van der Waals surface area contributed by atoms with E-state index in [0.717, 1.165) is 5.92 Å².